The van der Waals surface area contributed by atoms with Gasteiger partial charge >= 0.3 is 0 Å². The number of carbonyl (C=O) groups excluding carboxylic acids is 1. The molecule has 2 aliphatic carbocycles. The molecule has 1 aliphatic heterocycles. The largest absolute Gasteiger partial charge is 0.489 e. The molecule has 1 heterocycles. The molecule has 1 aromatic carbocycles. The highest BCUT2D eigenvalue weighted by atomic mass is 16.5. The van der Waals surface area contributed by atoms with Gasteiger partial charge in [-0.05, 0) is 49.1 Å². The molecule has 1 aromatic rings. The van der Waals surface area contributed by atoms with E-state index in [1.165, 1.54) is 25.7 Å². The van der Waals surface area contributed by atoms with Crippen LogP contribution in [0.4, 0.5) is 5.69 Å². The van der Waals surface area contributed by atoms with E-state index in [1.54, 1.807) is 0 Å². The van der Waals surface area contributed by atoms with Gasteiger partial charge in [-0.15, -0.1) is 0 Å². The maximum Gasteiger partial charge on any atom is 0.255 e. The molecule has 2 saturated carbocycles. The first kappa shape index (κ1) is 12.1. The lowest BCUT2D eigenvalue weighted by Crippen LogP contribution is -2.32. The fourth-order valence-electron chi connectivity index (χ4n) is 3.29. The normalized spacial score (nSPS) is 22.2. The van der Waals surface area contributed by atoms with E-state index in [4.69, 9.17) is 4.74 Å². The van der Waals surface area contributed by atoms with Crippen molar-refractivity contribution in [1.82, 2.24) is 5.32 Å². The zero-order chi connectivity index (χ0) is 13.6. The van der Waals surface area contributed by atoms with Crippen molar-refractivity contribution in [2.45, 2.75) is 25.7 Å². The number of ether oxygens (including phenoxy) is 1. The minimum atomic E-state index is -0.00234. The summed E-state index contributed by atoms with van der Waals surface area (Å²) in [6.07, 6.45) is 5.26. The summed E-state index contributed by atoms with van der Waals surface area (Å²) in [6, 6.07) is 5.71. The molecular weight excluding hydrogens is 252 g/mol. The predicted octanol–water partition coefficient (Wildman–Crippen LogP) is 2.41. The first-order valence-electron chi connectivity index (χ1n) is 7.56. The second-order valence-electron chi connectivity index (χ2n) is 6.28. The lowest BCUT2D eigenvalue weighted by atomic mass is 10.0. The second kappa shape index (κ2) is 4.40. The number of amides is 1. The van der Waals surface area contributed by atoms with Crippen LogP contribution in [0, 0.1) is 11.3 Å². The number of hydrogen-bond acceptors (Lipinski definition) is 3. The van der Waals surface area contributed by atoms with Gasteiger partial charge in [-0.25, -0.2) is 0 Å². The van der Waals surface area contributed by atoms with Gasteiger partial charge in [-0.2, -0.15) is 0 Å². The third-order valence-corrected chi connectivity index (χ3v) is 4.86. The Labute approximate surface area is 118 Å². The summed E-state index contributed by atoms with van der Waals surface area (Å²) in [5, 5.41) is 6.39. The summed E-state index contributed by atoms with van der Waals surface area (Å²) >= 11 is 0. The van der Waals surface area contributed by atoms with Crippen LogP contribution in [-0.2, 0) is 0 Å². The van der Waals surface area contributed by atoms with Crippen molar-refractivity contribution < 1.29 is 9.53 Å². The van der Waals surface area contributed by atoms with E-state index in [1.807, 2.05) is 18.2 Å². The smallest absolute Gasteiger partial charge is 0.255 e. The molecule has 4 rings (SSSR count). The van der Waals surface area contributed by atoms with Gasteiger partial charge in [0.05, 0.1) is 11.3 Å². The van der Waals surface area contributed by atoms with Crippen LogP contribution < -0.4 is 15.4 Å². The SMILES string of the molecule is O=C(NCC1(C2CC2)CC1)c1cccc2c1OCCN2. The minimum absolute atomic E-state index is 0.00234. The minimum Gasteiger partial charge on any atom is -0.489 e. The van der Waals surface area contributed by atoms with Crippen LogP contribution in [-0.4, -0.2) is 25.6 Å². The van der Waals surface area contributed by atoms with Crippen molar-refractivity contribution in [2.75, 3.05) is 25.0 Å². The third-order valence-electron chi connectivity index (χ3n) is 4.86. The average molecular weight is 272 g/mol. The van der Waals surface area contributed by atoms with Crippen molar-refractivity contribution in [3.63, 3.8) is 0 Å². The Morgan fingerprint density at radius 1 is 1.40 bits per heavy atom. The van der Waals surface area contributed by atoms with Crippen LogP contribution in [0.1, 0.15) is 36.0 Å². The number of fused-ring (bicyclic) bond motifs is 1. The van der Waals surface area contributed by atoms with Crippen LogP contribution in [0.15, 0.2) is 18.2 Å². The molecular formula is C16H20N2O2. The van der Waals surface area contributed by atoms with Crippen LogP contribution in [0.25, 0.3) is 0 Å². The van der Waals surface area contributed by atoms with Crippen molar-refractivity contribution in [2.24, 2.45) is 11.3 Å². The zero-order valence-corrected chi connectivity index (χ0v) is 11.6. The summed E-state index contributed by atoms with van der Waals surface area (Å²) in [7, 11) is 0. The number of rotatable bonds is 4. The zero-order valence-electron chi connectivity index (χ0n) is 11.6. The van der Waals surface area contributed by atoms with Gasteiger partial charge in [-0.1, -0.05) is 6.07 Å². The van der Waals surface area contributed by atoms with Gasteiger partial charge in [0.15, 0.2) is 5.75 Å². The van der Waals surface area contributed by atoms with Crippen LogP contribution in [0.2, 0.25) is 0 Å². The van der Waals surface area contributed by atoms with E-state index >= 15 is 0 Å². The Balaban J connectivity index is 1.48. The van der Waals surface area contributed by atoms with Crippen LogP contribution in [0.3, 0.4) is 0 Å². The summed E-state index contributed by atoms with van der Waals surface area (Å²) in [5.74, 6) is 1.57. The molecule has 0 saturated heterocycles. The Morgan fingerprint density at radius 3 is 3.00 bits per heavy atom. The molecule has 0 radical (unpaired) electrons. The summed E-state index contributed by atoms with van der Waals surface area (Å²) in [4.78, 5) is 12.4. The number of carbonyl (C=O) groups is 1. The van der Waals surface area contributed by atoms with E-state index in [2.05, 4.69) is 10.6 Å². The lowest BCUT2D eigenvalue weighted by Gasteiger charge is -2.22. The highest BCUT2D eigenvalue weighted by molar-refractivity contribution is 5.99. The number of nitrogens with one attached hydrogen (secondary N) is 2. The molecule has 3 aliphatic rings. The van der Waals surface area contributed by atoms with E-state index in [0.717, 1.165) is 24.7 Å². The summed E-state index contributed by atoms with van der Waals surface area (Å²) < 4.78 is 5.66. The summed E-state index contributed by atoms with van der Waals surface area (Å²) in [6.45, 7) is 2.24. The summed E-state index contributed by atoms with van der Waals surface area (Å²) in [5.41, 5.74) is 2.01. The van der Waals surface area contributed by atoms with Crippen molar-refractivity contribution in [3.8, 4) is 5.75 Å². The van der Waals surface area contributed by atoms with Gasteiger partial charge in [0, 0.05) is 13.1 Å². The van der Waals surface area contributed by atoms with E-state index in [0.29, 0.717) is 23.3 Å². The molecule has 0 atom stereocenters. The maximum atomic E-state index is 12.4. The number of anilines is 1. The predicted molar refractivity (Wildman–Crippen MR) is 77.2 cm³/mol. The van der Waals surface area contributed by atoms with Gasteiger partial charge in [-0.3, -0.25) is 4.79 Å². The van der Waals surface area contributed by atoms with Gasteiger partial charge in [0.25, 0.3) is 5.91 Å². The molecule has 4 nitrogen and oxygen atoms in total. The first-order chi connectivity index (χ1) is 9.78. The highest BCUT2D eigenvalue weighted by Crippen LogP contribution is 2.60. The Hall–Kier alpha value is -1.71. The first-order valence-corrected chi connectivity index (χ1v) is 7.56. The third kappa shape index (κ3) is 2.03. The van der Waals surface area contributed by atoms with E-state index in [9.17, 15) is 4.79 Å². The molecule has 0 spiro atoms. The average Bonchev–Trinajstić information content (AvgIpc) is 3.37. The monoisotopic (exact) mass is 272 g/mol. The molecule has 106 valence electrons. The van der Waals surface area contributed by atoms with Crippen LogP contribution >= 0.6 is 0 Å². The molecule has 1 amide bonds. The second-order valence-corrected chi connectivity index (χ2v) is 6.28. The fraction of sp³-hybridized carbons (Fsp3) is 0.562. The number of hydrogen-bond donors (Lipinski definition) is 2. The molecule has 4 heteroatoms. The lowest BCUT2D eigenvalue weighted by molar-refractivity contribution is 0.0938. The molecule has 0 unspecified atom stereocenters. The molecule has 2 N–H and O–H groups in total. The standard InChI is InChI=1S/C16H20N2O2/c19-15(18-10-16(6-7-16)11-4-5-11)12-2-1-3-13-14(12)20-9-8-17-13/h1-3,11,17H,4-10H2,(H,18,19). The van der Waals surface area contributed by atoms with Gasteiger partial charge in [0.2, 0.25) is 0 Å². The van der Waals surface area contributed by atoms with Crippen molar-refractivity contribution in [1.29, 1.82) is 0 Å². The Bertz CT molecular complexity index is 547. The topological polar surface area (TPSA) is 50.4 Å². The van der Waals surface area contributed by atoms with Crippen molar-refractivity contribution in [3.05, 3.63) is 23.8 Å². The van der Waals surface area contributed by atoms with Crippen molar-refractivity contribution >= 4 is 11.6 Å². The highest BCUT2D eigenvalue weighted by Gasteiger charge is 2.53. The maximum absolute atomic E-state index is 12.4. The Kier molecular flexibility index (Phi) is 2.65. The van der Waals surface area contributed by atoms with E-state index in [-0.39, 0.29) is 5.91 Å². The number of para-hydroxylation sites is 1. The molecule has 2 fully saturated rings. The Morgan fingerprint density at radius 2 is 2.25 bits per heavy atom. The quantitative estimate of drug-likeness (QED) is 0.885. The molecule has 0 aromatic heterocycles. The van der Waals surface area contributed by atoms with E-state index < -0.39 is 0 Å². The molecule has 20 heavy (non-hydrogen) atoms. The van der Waals surface area contributed by atoms with Crippen LogP contribution in [0.5, 0.6) is 5.75 Å². The fourth-order valence-corrected chi connectivity index (χ4v) is 3.29. The van der Waals surface area contributed by atoms with Gasteiger partial charge in [0.1, 0.15) is 6.61 Å². The molecule has 0 bridgehead atoms. The number of benzene rings is 1. The van der Waals surface area contributed by atoms with Gasteiger partial charge < -0.3 is 15.4 Å².